The van der Waals surface area contributed by atoms with Crippen molar-refractivity contribution in [3.05, 3.63) is 30.3 Å². The smallest absolute Gasteiger partial charge is 0.413 e. The Hall–Kier alpha value is -4.27. The number of amides is 5. The number of ether oxygens (including phenoxy) is 1. The summed E-state index contributed by atoms with van der Waals surface area (Å²) in [5.74, 6) is 0.0855. The monoisotopic (exact) mass is 762 g/mol. The quantitative estimate of drug-likeness (QED) is 0.181. The SMILES string of the molecule is CC(C)CC(NC(=O)Oc1ccccc1)C(=O)NCCCN1CCN(C(=O)O)CC(C(C)(C)C)N(C(=O)O)C(C(C)(C)C)C(C(C)(C)C)N(C(=O)O)CC1. The summed E-state index contributed by atoms with van der Waals surface area (Å²) in [5.41, 5.74) is -2.18. The molecule has 306 valence electrons. The molecule has 0 aromatic heterocycles. The fourth-order valence-electron chi connectivity index (χ4n) is 7.16. The molecule has 5 amide bonds. The fraction of sp³-hybridized carbons (Fsp3) is 0.718. The molecule has 1 aromatic rings. The van der Waals surface area contributed by atoms with E-state index in [1.807, 2.05) is 81.1 Å². The summed E-state index contributed by atoms with van der Waals surface area (Å²) in [6.07, 6.45) is -3.49. The highest BCUT2D eigenvalue weighted by atomic mass is 16.6. The van der Waals surface area contributed by atoms with Gasteiger partial charge in [0.15, 0.2) is 0 Å². The molecule has 54 heavy (non-hydrogen) atoms. The van der Waals surface area contributed by atoms with E-state index < -0.39 is 64.8 Å². The van der Waals surface area contributed by atoms with Gasteiger partial charge in [0.2, 0.25) is 5.91 Å². The van der Waals surface area contributed by atoms with Gasteiger partial charge >= 0.3 is 24.4 Å². The molecule has 1 aromatic carbocycles. The van der Waals surface area contributed by atoms with Crippen LogP contribution in [0.3, 0.4) is 0 Å². The van der Waals surface area contributed by atoms with Gasteiger partial charge in [0.25, 0.3) is 0 Å². The van der Waals surface area contributed by atoms with Gasteiger partial charge in [-0.25, -0.2) is 19.2 Å². The normalized spacial score (nSPS) is 20.4. The van der Waals surface area contributed by atoms with Crippen molar-refractivity contribution in [1.29, 1.82) is 0 Å². The molecule has 1 saturated heterocycles. The van der Waals surface area contributed by atoms with Gasteiger partial charge in [-0.1, -0.05) is 94.4 Å². The third kappa shape index (κ3) is 13.9. The average Bonchev–Trinajstić information content (AvgIpc) is 3.01. The largest absolute Gasteiger partial charge is 0.465 e. The lowest BCUT2D eigenvalue weighted by atomic mass is 9.69. The van der Waals surface area contributed by atoms with Gasteiger partial charge in [-0.15, -0.1) is 0 Å². The van der Waals surface area contributed by atoms with Crippen LogP contribution in [-0.4, -0.2) is 135 Å². The van der Waals surface area contributed by atoms with Gasteiger partial charge in [-0.2, -0.15) is 0 Å². The van der Waals surface area contributed by atoms with Crippen LogP contribution >= 0.6 is 0 Å². The van der Waals surface area contributed by atoms with Gasteiger partial charge in [0.05, 0.1) is 18.1 Å². The molecule has 1 fully saturated rings. The number of hydrogen-bond acceptors (Lipinski definition) is 7. The molecule has 2 rings (SSSR count). The van der Waals surface area contributed by atoms with Crippen LogP contribution in [0.4, 0.5) is 19.2 Å². The fourth-order valence-corrected chi connectivity index (χ4v) is 7.16. The molecule has 15 nitrogen and oxygen atoms in total. The maximum Gasteiger partial charge on any atom is 0.413 e. The van der Waals surface area contributed by atoms with Crippen molar-refractivity contribution >= 4 is 30.3 Å². The minimum Gasteiger partial charge on any atom is -0.465 e. The Labute approximate surface area is 321 Å². The third-order valence-corrected chi connectivity index (χ3v) is 9.74. The van der Waals surface area contributed by atoms with Crippen LogP contribution < -0.4 is 15.4 Å². The maximum atomic E-state index is 13.3. The first-order valence-corrected chi connectivity index (χ1v) is 18.9. The highest BCUT2D eigenvalue weighted by Gasteiger charge is 2.52. The number of nitrogens with one attached hydrogen (secondary N) is 2. The summed E-state index contributed by atoms with van der Waals surface area (Å²) in [5, 5.41) is 37.5. The Morgan fingerprint density at radius 1 is 0.778 bits per heavy atom. The van der Waals surface area contributed by atoms with E-state index in [4.69, 9.17) is 4.74 Å². The zero-order chi connectivity index (χ0) is 41.2. The Kier molecular flexibility index (Phi) is 16.4. The first-order valence-electron chi connectivity index (χ1n) is 18.9. The van der Waals surface area contributed by atoms with Crippen molar-refractivity contribution in [2.75, 3.05) is 45.8 Å². The lowest BCUT2D eigenvalue weighted by molar-refractivity contribution is -0.123. The number of nitrogens with zero attached hydrogens (tertiary/aromatic N) is 4. The van der Waals surface area contributed by atoms with Crippen LogP contribution in [0.5, 0.6) is 5.75 Å². The second kappa shape index (κ2) is 19.4. The van der Waals surface area contributed by atoms with Crippen molar-refractivity contribution < 1.29 is 44.0 Å². The van der Waals surface area contributed by atoms with Crippen LogP contribution in [0.1, 0.15) is 89.0 Å². The highest BCUT2D eigenvalue weighted by Crippen LogP contribution is 2.41. The highest BCUT2D eigenvalue weighted by molar-refractivity contribution is 5.86. The summed E-state index contributed by atoms with van der Waals surface area (Å²) < 4.78 is 5.33. The number of carbonyl (C=O) groups is 5. The minimum atomic E-state index is -1.24. The Bertz CT molecular complexity index is 1400. The van der Waals surface area contributed by atoms with Crippen molar-refractivity contribution in [3.8, 4) is 5.75 Å². The number of para-hydroxylation sites is 1. The lowest BCUT2D eigenvalue weighted by Crippen LogP contribution is -2.69. The van der Waals surface area contributed by atoms with Crippen LogP contribution in [-0.2, 0) is 4.79 Å². The first kappa shape index (κ1) is 45.9. The van der Waals surface area contributed by atoms with Crippen LogP contribution in [0.25, 0.3) is 0 Å². The summed E-state index contributed by atoms with van der Waals surface area (Å²) in [7, 11) is 0. The van der Waals surface area contributed by atoms with Gasteiger partial charge in [-0.05, 0) is 53.7 Å². The van der Waals surface area contributed by atoms with Crippen molar-refractivity contribution in [2.45, 2.75) is 113 Å². The van der Waals surface area contributed by atoms with Crippen LogP contribution in [0.15, 0.2) is 30.3 Å². The molecule has 4 unspecified atom stereocenters. The standard InChI is InChI=1S/C39H66N6O9/c1-26(2)24-28(41-33(47)54-27-16-13-12-14-17-27)32(46)40-18-15-19-42-20-22-43(34(48)49)25-29(37(3,4)5)45(36(52)53)31(39(9,10)11)30(38(6,7)8)44(23-21-42)35(50)51/h12-14,16-17,26,28-31H,15,18-25H2,1-11H3,(H,40,46)(H,41,47)(H,48,49)(H,50,51)(H,52,53). The molecule has 1 heterocycles. The van der Waals surface area contributed by atoms with E-state index in [9.17, 15) is 39.3 Å². The molecule has 15 heteroatoms. The van der Waals surface area contributed by atoms with Gasteiger partial charge < -0.3 is 40.5 Å². The average molecular weight is 763 g/mol. The Morgan fingerprint density at radius 2 is 1.35 bits per heavy atom. The molecule has 1 aliphatic heterocycles. The van der Waals surface area contributed by atoms with E-state index in [1.54, 1.807) is 30.3 Å². The number of hydrogen-bond donors (Lipinski definition) is 5. The van der Waals surface area contributed by atoms with Crippen LogP contribution in [0, 0.1) is 22.2 Å². The van der Waals surface area contributed by atoms with Gasteiger partial charge in [0, 0.05) is 39.3 Å². The maximum absolute atomic E-state index is 13.3. The minimum absolute atomic E-state index is 0.0425. The number of benzene rings is 1. The number of carbonyl (C=O) groups excluding carboxylic acids is 2. The van der Waals surface area contributed by atoms with E-state index in [-0.39, 0.29) is 51.1 Å². The predicted molar refractivity (Wildman–Crippen MR) is 207 cm³/mol. The number of rotatable bonds is 9. The van der Waals surface area contributed by atoms with Crippen molar-refractivity contribution in [3.63, 3.8) is 0 Å². The van der Waals surface area contributed by atoms with E-state index in [0.29, 0.717) is 25.1 Å². The molecule has 0 bridgehead atoms. The van der Waals surface area contributed by atoms with E-state index in [1.165, 1.54) is 14.7 Å². The third-order valence-electron chi connectivity index (χ3n) is 9.74. The molecule has 0 aliphatic carbocycles. The molecule has 0 saturated carbocycles. The second-order valence-corrected chi connectivity index (χ2v) is 17.9. The summed E-state index contributed by atoms with van der Waals surface area (Å²) >= 11 is 0. The Balaban J connectivity index is 2.39. The topological polar surface area (TPSA) is 192 Å². The summed E-state index contributed by atoms with van der Waals surface area (Å²) in [6, 6.07) is 5.27. The van der Waals surface area contributed by atoms with Gasteiger partial charge in [0.1, 0.15) is 11.8 Å². The molecule has 4 atom stereocenters. The summed E-state index contributed by atoms with van der Waals surface area (Å²) in [6.45, 7) is 22.0. The zero-order valence-corrected chi connectivity index (χ0v) is 34.2. The predicted octanol–water partition coefficient (Wildman–Crippen LogP) is 6.20. The Morgan fingerprint density at radius 3 is 1.83 bits per heavy atom. The van der Waals surface area contributed by atoms with Crippen molar-refractivity contribution in [1.82, 2.24) is 30.2 Å². The van der Waals surface area contributed by atoms with Crippen molar-refractivity contribution in [2.24, 2.45) is 22.2 Å². The number of carboxylic acid groups (broad SMARTS) is 3. The molecule has 0 radical (unpaired) electrons. The second-order valence-electron chi connectivity index (χ2n) is 17.9. The van der Waals surface area contributed by atoms with Crippen LogP contribution in [0.2, 0.25) is 0 Å². The lowest BCUT2D eigenvalue weighted by Gasteiger charge is -2.55. The first-order chi connectivity index (χ1) is 24.8. The summed E-state index contributed by atoms with van der Waals surface area (Å²) in [4.78, 5) is 70.9. The van der Waals surface area contributed by atoms with E-state index in [0.717, 1.165) is 0 Å². The van der Waals surface area contributed by atoms with Gasteiger partial charge in [-0.3, -0.25) is 14.6 Å². The molecular weight excluding hydrogens is 696 g/mol. The molecule has 1 aliphatic rings. The van der Waals surface area contributed by atoms with E-state index >= 15 is 0 Å². The molecule has 0 spiro atoms. The van der Waals surface area contributed by atoms with E-state index in [2.05, 4.69) is 10.6 Å². The molecule has 5 N–H and O–H groups in total. The zero-order valence-electron chi connectivity index (χ0n) is 34.2. The molecular formula is C39H66N6O9.